The van der Waals surface area contributed by atoms with Gasteiger partial charge in [-0.2, -0.15) is 8.78 Å². The Balaban J connectivity index is 3.81. The molecule has 2 nitrogen and oxygen atoms in total. The first-order chi connectivity index (χ1) is 7.31. The summed E-state index contributed by atoms with van der Waals surface area (Å²) in [5.74, 6) is -3.96. The van der Waals surface area contributed by atoms with Gasteiger partial charge in [-0.15, -0.1) is 0 Å². The normalized spacial score (nSPS) is 16.5. The molecule has 98 valence electrons. The lowest BCUT2D eigenvalue weighted by Gasteiger charge is -2.21. The second-order valence-electron chi connectivity index (χ2n) is 4.01. The molecule has 0 bridgehead atoms. The largest absolute Gasteiger partial charge is 0.373 e. The molecule has 0 aliphatic rings. The average molecular weight is 245 g/mol. The summed E-state index contributed by atoms with van der Waals surface area (Å²) >= 11 is 0. The highest BCUT2D eigenvalue weighted by atomic mass is 19.3. The molecule has 2 unspecified atom stereocenters. The van der Waals surface area contributed by atoms with E-state index in [1.807, 2.05) is 13.8 Å². The van der Waals surface area contributed by atoms with Crippen molar-refractivity contribution in [1.29, 1.82) is 0 Å². The van der Waals surface area contributed by atoms with Crippen molar-refractivity contribution in [2.45, 2.75) is 45.1 Å². The molecule has 0 spiro atoms. The summed E-state index contributed by atoms with van der Waals surface area (Å²) in [5.41, 5.74) is 5.65. The van der Waals surface area contributed by atoms with E-state index in [0.29, 0.717) is 0 Å². The van der Waals surface area contributed by atoms with Gasteiger partial charge in [-0.1, -0.05) is 20.3 Å². The van der Waals surface area contributed by atoms with Crippen molar-refractivity contribution in [2.24, 2.45) is 11.7 Å². The van der Waals surface area contributed by atoms with Crippen LogP contribution in [0.15, 0.2) is 0 Å². The maximum Gasteiger partial charge on any atom is 0.330 e. The van der Waals surface area contributed by atoms with Crippen molar-refractivity contribution >= 4 is 0 Å². The molecular formula is C10H19F4NO. The van der Waals surface area contributed by atoms with Crippen LogP contribution in [0.2, 0.25) is 0 Å². The lowest BCUT2D eigenvalue weighted by atomic mass is 9.98. The maximum atomic E-state index is 12.4. The molecule has 0 saturated carbocycles. The van der Waals surface area contributed by atoms with E-state index in [4.69, 9.17) is 5.73 Å². The van der Waals surface area contributed by atoms with E-state index in [-0.39, 0.29) is 12.5 Å². The third-order valence-electron chi connectivity index (χ3n) is 2.40. The highest BCUT2D eigenvalue weighted by molar-refractivity contribution is 4.71. The van der Waals surface area contributed by atoms with Crippen molar-refractivity contribution in [1.82, 2.24) is 0 Å². The fourth-order valence-corrected chi connectivity index (χ4v) is 1.23. The van der Waals surface area contributed by atoms with Crippen LogP contribution in [0.1, 0.15) is 26.7 Å². The van der Waals surface area contributed by atoms with Crippen LogP contribution in [0.25, 0.3) is 0 Å². The quantitative estimate of drug-likeness (QED) is 0.667. The van der Waals surface area contributed by atoms with Gasteiger partial charge in [-0.3, -0.25) is 0 Å². The second-order valence-corrected chi connectivity index (χ2v) is 4.01. The molecule has 16 heavy (non-hydrogen) atoms. The van der Waals surface area contributed by atoms with E-state index >= 15 is 0 Å². The van der Waals surface area contributed by atoms with Gasteiger partial charge in [0.1, 0.15) is 6.61 Å². The molecule has 0 amide bonds. The summed E-state index contributed by atoms with van der Waals surface area (Å²) in [5, 5.41) is 0. The predicted molar refractivity (Wildman–Crippen MR) is 53.8 cm³/mol. The Hall–Kier alpha value is -0.360. The van der Waals surface area contributed by atoms with Crippen molar-refractivity contribution in [2.75, 3.05) is 13.2 Å². The van der Waals surface area contributed by atoms with E-state index in [2.05, 4.69) is 4.74 Å². The minimum atomic E-state index is -4.09. The van der Waals surface area contributed by atoms with Crippen molar-refractivity contribution < 1.29 is 22.3 Å². The Morgan fingerprint density at radius 1 is 1.31 bits per heavy atom. The molecular weight excluding hydrogens is 226 g/mol. The van der Waals surface area contributed by atoms with Crippen LogP contribution in [-0.2, 0) is 4.74 Å². The Labute approximate surface area is 93.1 Å². The van der Waals surface area contributed by atoms with Crippen molar-refractivity contribution in [3.05, 3.63) is 0 Å². The molecule has 0 aliphatic carbocycles. The van der Waals surface area contributed by atoms with E-state index < -0.39 is 25.0 Å². The summed E-state index contributed by atoms with van der Waals surface area (Å²) in [6.45, 7) is 2.46. The summed E-state index contributed by atoms with van der Waals surface area (Å²) in [6, 6.07) is -0.395. The van der Waals surface area contributed by atoms with Crippen LogP contribution in [0.5, 0.6) is 0 Å². The summed E-state index contributed by atoms with van der Waals surface area (Å²) in [7, 11) is 0. The van der Waals surface area contributed by atoms with Crippen LogP contribution in [0, 0.1) is 5.92 Å². The molecule has 0 aromatic heterocycles. The van der Waals surface area contributed by atoms with Crippen LogP contribution in [0.3, 0.4) is 0 Å². The first kappa shape index (κ1) is 15.6. The summed E-state index contributed by atoms with van der Waals surface area (Å²) < 4.78 is 52.9. The van der Waals surface area contributed by atoms with E-state index in [1.165, 1.54) is 0 Å². The van der Waals surface area contributed by atoms with Gasteiger partial charge in [0.2, 0.25) is 0 Å². The Kier molecular flexibility index (Phi) is 6.90. The number of rotatable bonds is 8. The van der Waals surface area contributed by atoms with Crippen molar-refractivity contribution in [3.8, 4) is 0 Å². The average Bonchev–Trinajstić information content (AvgIpc) is 2.17. The standard InChI is InChI=1S/C10H19F4NO/c1-3-4-7(2)8(15)5-16-6-10(13,14)9(11)12/h7-9H,3-6,15H2,1-2H3. The van der Waals surface area contributed by atoms with Crippen LogP contribution < -0.4 is 5.73 Å². The monoisotopic (exact) mass is 245 g/mol. The topological polar surface area (TPSA) is 35.2 Å². The van der Waals surface area contributed by atoms with Gasteiger partial charge in [-0.05, 0) is 12.3 Å². The molecule has 0 fully saturated rings. The number of halogens is 4. The number of nitrogens with two attached hydrogens (primary N) is 1. The minimum Gasteiger partial charge on any atom is -0.373 e. The number of hydrogen-bond donors (Lipinski definition) is 1. The van der Waals surface area contributed by atoms with Crippen LogP contribution in [0.4, 0.5) is 17.6 Å². The number of hydrogen-bond acceptors (Lipinski definition) is 2. The molecule has 2 N–H and O–H groups in total. The summed E-state index contributed by atoms with van der Waals surface area (Å²) in [6.07, 6.45) is -1.91. The van der Waals surface area contributed by atoms with E-state index in [9.17, 15) is 17.6 Å². The fraction of sp³-hybridized carbons (Fsp3) is 1.00. The first-order valence-electron chi connectivity index (χ1n) is 5.30. The van der Waals surface area contributed by atoms with Gasteiger partial charge in [-0.25, -0.2) is 8.78 Å². The SMILES string of the molecule is CCCC(C)C(N)COCC(F)(F)C(F)F. The highest BCUT2D eigenvalue weighted by Gasteiger charge is 2.41. The van der Waals surface area contributed by atoms with Gasteiger partial charge >= 0.3 is 12.3 Å². The highest BCUT2D eigenvalue weighted by Crippen LogP contribution is 2.23. The Morgan fingerprint density at radius 3 is 2.31 bits per heavy atom. The zero-order chi connectivity index (χ0) is 12.8. The molecule has 0 aliphatic heterocycles. The lowest BCUT2D eigenvalue weighted by Crippen LogP contribution is -2.37. The minimum absolute atomic E-state index is 0.122. The molecule has 0 rings (SSSR count). The number of alkyl halides is 4. The smallest absolute Gasteiger partial charge is 0.330 e. The van der Waals surface area contributed by atoms with E-state index in [1.54, 1.807) is 0 Å². The molecule has 2 atom stereocenters. The van der Waals surface area contributed by atoms with Gasteiger partial charge in [0.05, 0.1) is 6.61 Å². The van der Waals surface area contributed by atoms with E-state index in [0.717, 1.165) is 12.8 Å². The lowest BCUT2D eigenvalue weighted by molar-refractivity contribution is -0.167. The fourth-order valence-electron chi connectivity index (χ4n) is 1.23. The summed E-state index contributed by atoms with van der Waals surface area (Å²) in [4.78, 5) is 0. The molecule has 0 aromatic carbocycles. The van der Waals surface area contributed by atoms with Crippen LogP contribution >= 0.6 is 0 Å². The molecule has 6 heteroatoms. The molecule has 0 heterocycles. The molecule has 0 radical (unpaired) electrons. The molecule has 0 aromatic rings. The Morgan fingerprint density at radius 2 is 1.88 bits per heavy atom. The zero-order valence-corrected chi connectivity index (χ0v) is 9.56. The third-order valence-corrected chi connectivity index (χ3v) is 2.40. The van der Waals surface area contributed by atoms with Gasteiger partial charge < -0.3 is 10.5 Å². The van der Waals surface area contributed by atoms with Gasteiger partial charge in [0.15, 0.2) is 0 Å². The van der Waals surface area contributed by atoms with Crippen LogP contribution in [-0.4, -0.2) is 31.6 Å². The third kappa shape index (κ3) is 5.65. The number of ether oxygens (including phenoxy) is 1. The maximum absolute atomic E-state index is 12.4. The second kappa shape index (κ2) is 7.06. The first-order valence-corrected chi connectivity index (χ1v) is 5.30. The molecule has 0 saturated heterocycles. The van der Waals surface area contributed by atoms with Crippen molar-refractivity contribution in [3.63, 3.8) is 0 Å². The van der Waals surface area contributed by atoms with Gasteiger partial charge in [0.25, 0.3) is 0 Å². The van der Waals surface area contributed by atoms with Gasteiger partial charge in [0, 0.05) is 6.04 Å². The predicted octanol–water partition coefficient (Wildman–Crippen LogP) is 2.67. The Bertz CT molecular complexity index is 190. The zero-order valence-electron chi connectivity index (χ0n) is 9.56.